The predicted molar refractivity (Wildman–Crippen MR) is 62.7 cm³/mol. The predicted octanol–water partition coefficient (Wildman–Crippen LogP) is 2.09. The molecule has 0 saturated carbocycles. The first-order chi connectivity index (χ1) is 7.50. The second-order valence-corrected chi connectivity index (χ2v) is 5.30. The third-order valence-electron chi connectivity index (χ3n) is 2.37. The van der Waals surface area contributed by atoms with Crippen LogP contribution in [0.1, 0.15) is 11.5 Å². The normalized spacial score (nSPS) is 24.7. The fourth-order valence-electron chi connectivity index (χ4n) is 1.61. The molecule has 84 valence electrons. The van der Waals surface area contributed by atoms with E-state index in [2.05, 4.69) is 37.2 Å². The molecule has 0 aliphatic carbocycles. The first-order valence-corrected chi connectivity index (χ1v) is 6.15. The number of halogens is 3. The zero-order chi connectivity index (χ0) is 11.9. The van der Waals surface area contributed by atoms with Crippen molar-refractivity contribution in [1.82, 2.24) is 5.32 Å². The van der Waals surface area contributed by atoms with Crippen molar-refractivity contribution < 1.29 is 14.0 Å². The molecule has 0 radical (unpaired) electrons. The number of hydrogen-bond acceptors (Lipinski definition) is 2. The van der Waals surface area contributed by atoms with Gasteiger partial charge in [0.15, 0.2) is 0 Å². The molecule has 1 aromatic rings. The summed E-state index contributed by atoms with van der Waals surface area (Å²) in [6, 6.07) is 4.40. The summed E-state index contributed by atoms with van der Waals surface area (Å²) in [5.74, 6) is -2.22. The van der Waals surface area contributed by atoms with Crippen LogP contribution in [0.2, 0.25) is 0 Å². The quantitative estimate of drug-likeness (QED) is 0.622. The first-order valence-electron chi connectivity index (χ1n) is 4.44. The van der Waals surface area contributed by atoms with Gasteiger partial charge in [0.05, 0.1) is 5.92 Å². The molecule has 2 atom stereocenters. The molecule has 1 saturated heterocycles. The van der Waals surface area contributed by atoms with E-state index >= 15 is 0 Å². The lowest BCUT2D eigenvalue weighted by molar-refractivity contribution is -0.125. The standard InChI is InChI=1S/C10H6Br2FNO2/c11-4-1-2-5(6(13)3-4)7-8(12)10(16)14-9(7)15/h1-3,7-8H,(H,14,15,16). The Bertz CT molecular complexity index is 478. The Kier molecular flexibility index (Phi) is 3.12. The molecule has 3 nitrogen and oxygen atoms in total. The van der Waals surface area contributed by atoms with Crippen LogP contribution in [0.15, 0.2) is 22.7 Å². The van der Waals surface area contributed by atoms with Gasteiger partial charge in [-0.25, -0.2) is 4.39 Å². The Labute approximate surface area is 108 Å². The van der Waals surface area contributed by atoms with Crippen molar-refractivity contribution in [2.75, 3.05) is 0 Å². The summed E-state index contributed by atoms with van der Waals surface area (Å²) in [6.07, 6.45) is 0. The Morgan fingerprint density at radius 1 is 1.25 bits per heavy atom. The van der Waals surface area contributed by atoms with Crippen LogP contribution in [0.25, 0.3) is 0 Å². The molecular weight excluding hydrogens is 345 g/mol. The summed E-state index contributed by atoms with van der Waals surface area (Å²) in [6.45, 7) is 0. The van der Waals surface area contributed by atoms with Crippen LogP contribution in [-0.2, 0) is 9.59 Å². The van der Waals surface area contributed by atoms with Crippen molar-refractivity contribution in [3.63, 3.8) is 0 Å². The van der Waals surface area contributed by atoms with Crippen LogP contribution in [0, 0.1) is 5.82 Å². The van der Waals surface area contributed by atoms with Gasteiger partial charge >= 0.3 is 0 Å². The van der Waals surface area contributed by atoms with Crippen LogP contribution in [0.3, 0.4) is 0 Å². The molecule has 1 aliphatic rings. The van der Waals surface area contributed by atoms with Crippen LogP contribution < -0.4 is 5.32 Å². The lowest BCUT2D eigenvalue weighted by atomic mass is 9.97. The van der Waals surface area contributed by atoms with Gasteiger partial charge in [-0.3, -0.25) is 14.9 Å². The molecule has 2 unspecified atom stereocenters. The molecule has 6 heteroatoms. The van der Waals surface area contributed by atoms with Gasteiger partial charge in [-0.05, 0) is 12.1 Å². The van der Waals surface area contributed by atoms with E-state index in [-0.39, 0.29) is 5.56 Å². The van der Waals surface area contributed by atoms with E-state index < -0.39 is 28.4 Å². The second kappa shape index (κ2) is 4.25. The molecule has 16 heavy (non-hydrogen) atoms. The monoisotopic (exact) mass is 349 g/mol. The molecule has 2 amide bonds. The summed E-state index contributed by atoms with van der Waals surface area (Å²) in [5.41, 5.74) is 0.216. The number of nitrogens with one attached hydrogen (secondary N) is 1. The van der Waals surface area contributed by atoms with Crippen molar-refractivity contribution in [2.45, 2.75) is 10.7 Å². The minimum Gasteiger partial charge on any atom is -0.295 e. The Morgan fingerprint density at radius 3 is 2.44 bits per heavy atom. The minimum atomic E-state index is -0.805. The van der Waals surface area contributed by atoms with Crippen molar-refractivity contribution in [1.29, 1.82) is 0 Å². The molecule has 1 heterocycles. The lowest BCUT2D eigenvalue weighted by Gasteiger charge is -2.11. The number of benzene rings is 1. The average Bonchev–Trinajstić information content (AvgIpc) is 2.43. The van der Waals surface area contributed by atoms with Crippen molar-refractivity contribution in [2.24, 2.45) is 0 Å². The highest BCUT2D eigenvalue weighted by atomic mass is 79.9. The molecule has 2 rings (SSSR count). The maximum atomic E-state index is 13.6. The molecule has 1 aliphatic heterocycles. The number of rotatable bonds is 1. The fourth-order valence-corrected chi connectivity index (χ4v) is 2.58. The summed E-state index contributed by atoms with van der Waals surface area (Å²) < 4.78 is 14.2. The number of amides is 2. The summed E-state index contributed by atoms with van der Waals surface area (Å²) in [7, 11) is 0. The van der Waals surface area contributed by atoms with Gasteiger partial charge in [0.1, 0.15) is 10.6 Å². The van der Waals surface area contributed by atoms with Gasteiger partial charge in [-0.15, -0.1) is 0 Å². The fraction of sp³-hybridized carbons (Fsp3) is 0.200. The Hall–Kier alpha value is -0.750. The third-order valence-corrected chi connectivity index (χ3v) is 3.81. The van der Waals surface area contributed by atoms with Gasteiger partial charge in [-0.1, -0.05) is 37.9 Å². The van der Waals surface area contributed by atoms with E-state index in [4.69, 9.17) is 0 Å². The van der Waals surface area contributed by atoms with Crippen LogP contribution in [0.5, 0.6) is 0 Å². The number of alkyl halides is 1. The van der Waals surface area contributed by atoms with Crippen LogP contribution in [-0.4, -0.2) is 16.6 Å². The number of hydrogen-bond donors (Lipinski definition) is 1. The zero-order valence-electron chi connectivity index (χ0n) is 7.84. The maximum absolute atomic E-state index is 13.6. The third kappa shape index (κ3) is 1.91. The van der Waals surface area contributed by atoms with Crippen molar-refractivity contribution in [3.8, 4) is 0 Å². The average molecular weight is 351 g/mol. The van der Waals surface area contributed by atoms with E-state index in [0.717, 1.165) is 0 Å². The van der Waals surface area contributed by atoms with Crippen LogP contribution >= 0.6 is 31.9 Å². The van der Waals surface area contributed by atoms with Gasteiger partial charge in [0.25, 0.3) is 0 Å². The van der Waals surface area contributed by atoms with E-state index in [1.54, 1.807) is 6.07 Å². The highest BCUT2D eigenvalue weighted by molar-refractivity contribution is 9.10. The first kappa shape index (κ1) is 11.7. The number of carbonyl (C=O) groups is 2. The van der Waals surface area contributed by atoms with Crippen molar-refractivity contribution >= 4 is 43.7 Å². The highest BCUT2D eigenvalue weighted by Crippen LogP contribution is 2.32. The SMILES string of the molecule is O=C1NC(=O)C(c2ccc(Br)cc2F)C1Br. The number of imide groups is 1. The molecule has 1 N–H and O–H groups in total. The molecular formula is C10H6Br2FNO2. The van der Waals surface area contributed by atoms with E-state index in [9.17, 15) is 14.0 Å². The van der Waals surface area contributed by atoms with Gasteiger partial charge < -0.3 is 0 Å². The molecule has 0 bridgehead atoms. The van der Waals surface area contributed by atoms with Gasteiger partial charge in [-0.2, -0.15) is 0 Å². The smallest absolute Gasteiger partial charge is 0.241 e. The second-order valence-electron chi connectivity index (χ2n) is 3.40. The zero-order valence-corrected chi connectivity index (χ0v) is 11.0. The van der Waals surface area contributed by atoms with Crippen LogP contribution in [0.4, 0.5) is 4.39 Å². The topological polar surface area (TPSA) is 46.2 Å². The highest BCUT2D eigenvalue weighted by Gasteiger charge is 2.42. The van der Waals surface area contributed by atoms with Gasteiger partial charge in [0, 0.05) is 10.0 Å². The molecule has 1 fully saturated rings. The minimum absolute atomic E-state index is 0.216. The van der Waals surface area contributed by atoms with E-state index in [1.165, 1.54) is 12.1 Å². The Balaban J connectivity index is 2.44. The summed E-state index contributed by atoms with van der Waals surface area (Å²) in [5, 5.41) is 2.15. The molecule has 0 aromatic heterocycles. The van der Waals surface area contributed by atoms with Gasteiger partial charge in [0.2, 0.25) is 11.8 Å². The van der Waals surface area contributed by atoms with Crippen molar-refractivity contribution in [3.05, 3.63) is 34.1 Å². The maximum Gasteiger partial charge on any atom is 0.241 e. The summed E-state index contributed by atoms with van der Waals surface area (Å²) >= 11 is 6.22. The molecule has 1 aromatic carbocycles. The Morgan fingerprint density at radius 2 is 1.94 bits per heavy atom. The largest absolute Gasteiger partial charge is 0.295 e. The lowest BCUT2D eigenvalue weighted by Crippen LogP contribution is -2.22. The molecule has 0 spiro atoms. The van der Waals surface area contributed by atoms with E-state index in [1.807, 2.05) is 0 Å². The van der Waals surface area contributed by atoms with E-state index in [0.29, 0.717) is 4.47 Å². The summed E-state index contributed by atoms with van der Waals surface area (Å²) in [4.78, 5) is 22.0. The number of carbonyl (C=O) groups excluding carboxylic acids is 2.